The largest absolute Gasteiger partial charge is 0.455 e. The van der Waals surface area contributed by atoms with Crippen LogP contribution in [0, 0.1) is 0 Å². The number of hydrogen-bond donors (Lipinski definition) is 1. The zero-order valence-corrected chi connectivity index (χ0v) is 15.8. The standard InChI is InChI=1S/C19H14ClN3O3S/c1-27(24,25)15-6-4-14(5-7-15)26-17-10-12(9-13-11-22-23-19(13)17)18-16(20)3-2-8-21-18/h2-11H,1H3,(H,22,23). The minimum absolute atomic E-state index is 0.232. The molecule has 6 nitrogen and oxygen atoms in total. The van der Waals surface area contributed by atoms with Crippen LogP contribution in [-0.2, 0) is 9.84 Å². The molecular weight excluding hydrogens is 386 g/mol. The van der Waals surface area contributed by atoms with Gasteiger partial charge in [0.25, 0.3) is 0 Å². The van der Waals surface area contributed by atoms with Crippen molar-refractivity contribution in [2.24, 2.45) is 0 Å². The van der Waals surface area contributed by atoms with E-state index in [-0.39, 0.29) is 4.90 Å². The van der Waals surface area contributed by atoms with Crippen LogP contribution in [0.3, 0.4) is 0 Å². The molecule has 0 saturated heterocycles. The van der Waals surface area contributed by atoms with E-state index in [2.05, 4.69) is 15.2 Å². The van der Waals surface area contributed by atoms with E-state index in [1.807, 2.05) is 12.1 Å². The Bertz CT molecular complexity index is 1230. The van der Waals surface area contributed by atoms with Crippen molar-refractivity contribution in [3.63, 3.8) is 0 Å². The maximum absolute atomic E-state index is 11.6. The maximum atomic E-state index is 11.6. The number of aromatic nitrogens is 3. The Morgan fingerprint density at radius 1 is 1.11 bits per heavy atom. The van der Waals surface area contributed by atoms with Crippen LogP contribution >= 0.6 is 11.6 Å². The monoisotopic (exact) mass is 399 g/mol. The highest BCUT2D eigenvalue weighted by molar-refractivity contribution is 7.90. The topological polar surface area (TPSA) is 84.9 Å². The van der Waals surface area contributed by atoms with E-state index >= 15 is 0 Å². The SMILES string of the molecule is CS(=O)(=O)c1ccc(Oc2cc(-c3ncccc3Cl)cc3cn[nH]c23)cc1. The number of aromatic amines is 1. The Hall–Kier alpha value is -2.90. The molecule has 2 heterocycles. The van der Waals surface area contributed by atoms with Gasteiger partial charge in [0.1, 0.15) is 11.3 Å². The molecule has 0 spiro atoms. The van der Waals surface area contributed by atoms with Gasteiger partial charge >= 0.3 is 0 Å². The first kappa shape index (κ1) is 17.5. The van der Waals surface area contributed by atoms with E-state index in [1.54, 1.807) is 36.7 Å². The van der Waals surface area contributed by atoms with E-state index in [4.69, 9.17) is 16.3 Å². The summed E-state index contributed by atoms with van der Waals surface area (Å²) in [6, 6.07) is 13.5. The number of pyridine rings is 1. The van der Waals surface area contributed by atoms with Gasteiger partial charge in [0.05, 0.1) is 21.8 Å². The van der Waals surface area contributed by atoms with Crippen LogP contribution < -0.4 is 4.74 Å². The highest BCUT2D eigenvalue weighted by atomic mass is 35.5. The molecule has 0 radical (unpaired) electrons. The van der Waals surface area contributed by atoms with Crippen molar-refractivity contribution < 1.29 is 13.2 Å². The lowest BCUT2D eigenvalue weighted by Gasteiger charge is -2.10. The Labute approximate surface area is 160 Å². The number of H-pyrrole nitrogens is 1. The Morgan fingerprint density at radius 2 is 1.89 bits per heavy atom. The Morgan fingerprint density at radius 3 is 2.59 bits per heavy atom. The smallest absolute Gasteiger partial charge is 0.175 e. The fraction of sp³-hybridized carbons (Fsp3) is 0.0526. The van der Waals surface area contributed by atoms with Gasteiger partial charge < -0.3 is 4.74 Å². The van der Waals surface area contributed by atoms with Crippen LogP contribution in [-0.4, -0.2) is 29.9 Å². The van der Waals surface area contributed by atoms with Gasteiger partial charge in [0.2, 0.25) is 0 Å². The van der Waals surface area contributed by atoms with Crippen molar-refractivity contribution in [2.45, 2.75) is 4.90 Å². The highest BCUT2D eigenvalue weighted by Crippen LogP contribution is 2.35. The number of sulfone groups is 1. The van der Waals surface area contributed by atoms with Crippen LogP contribution in [0.25, 0.3) is 22.2 Å². The van der Waals surface area contributed by atoms with Crippen molar-refractivity contribution in [1.29, 1.82) is 0 Å². The van der Waals surface area contributed by atoms with Gasteiger partial charge in [-0.05, 0) is 48.5 Å². The lowest BCUT2D eigenvalue weighted by atomic mass is 10.1. The summed E-state index contributed by atoms with van der Waals surface area (Å²) in [5.74, 6) is 1.04. The molecule has 1 N–H and O–H groups in total. The molecule has 0 aliphatic heterocycles. The average molecular weight is 400 g/mol. The summed E-state index contributed by atoms with van der Waals surface area (Å²) in [6.45, 7) is 0. The summed E-state index contributed by atoms with van der Waals surface area (Å²) >= 11 is 6.27. The van der Waals surface area contributed by atoms with E-state index in [0.29, 0.717) is 22.2 Å². The first-order valence-corrected chi connectivity index (χ1v) is 10.2. The molecule has 4 aromatic rings. The lowest BCUT2D eigenvalue weighted by molar-refractivity contribution is 0.486. The molecule has 2 aromatic carbocycles. The average Bonchev–Trinajstić information content (AvgIpc) is 3.11. The summed E-state index contributed by atoms with van der Waals surface area (Å²) in [6.07, 6.45) is 4.53. The second-order valence-electron chi connectivity index (χ2n) is 5.99. The number of hydrogen-bond acceptors (Lipinski definition) is 5. The molecule has 0 saturated carbocycles. The molecule has 0 atom stereocenters. The fourth-order valence-corrected chi connectivity index (χ4v) is 3.58. The Kier molecular flexibility index (Phi) is 4.33. The van der Waals surface area contributed by atoms with Crippen molar-refractivity contribution in [1.82, 2.24) is 15.2 Å². The van der Waals surface area contributed by atoms with Crippen LogP contribution in [0.5, 0.6) is 11.5 Å². The molecule has 136 valence electrons. The van der Waals surface area contributed by atoms with Gasteiger partial charge in [-0.3, -0.25) is 10.1 Å². The second-order valence-corrected chi connectivity index (χ2v) is 8.41. The summed E-state index contributed by atoms with van der Waals surface area (Å²) in [5, 5.41) is 8.36. The number of rotatable bonds is 4. The number of fused-ring (bicyclic) bond motifs is 1. The van der Waals surface area contributed by atoms with Gasteiger partial charge in [-0.1, -0.05) is 11.6 Å². The van der Waals surface area contributed by atoms with Gasteiger partial charge in [0.15, 0.2) is 15.6 Å². The summed E-state index contributed by atoms with van der Waals surface area (Å²) < 4.78 is 29.2. The molecule has 0 fully saturated rings. The van der Waals surface area contributed by atoms with Crippen molar-refractivity contribution in [3.05, 3.63) is 65.9 Å². The lowest BCUT2D eigenvalue weighted by Crippen LogP contribution is -1.96. The van der Waals surface area contributed by atoms with Crippen LogP contribution in [0.4, 0.5) is 0 Å². The van der Waals surface area contributed by atoms with E-state index < -0.39 is 9.84 Å². The summed E-state index contributed by atoms with van der Waals surface area (Å²) in [4.78, 5) is 4.57. The third-order valence-corrected chi connectivity index (χ3v) is 5.46. The van der Waals surface area contributed by atoms with Crippen molar-refractivity contribution >= 4 is 32.3 Å². The van der Waals surface area contributed by atoms with Gasteiger partial charge in [-0.15, -0.1) is 0 Å². The van der Waals surface area contributed by atoms with Gasteiger partial charge in [-0.25, -0.2) is 8.42 Å². The van der Waals surface area contributed by atoms with Gasteiger partial charge in [0, 0.05) is 23.4 Å². The normalized spacial score (nSPS) is 11.6. The number of nitrogens with one attached hydrogen (secondary N) is 1. The zero-order chi connectivity index (χ0) is 19.0. The third kappa shape index (κ3) is 3.51. The first-order valence-electron chi connectivity index (χ1n) is 7.98. The molecule has 8 heteroatoms. The first-order chi connectivity index (χ1) is 12.9. The molecule has 0 aliphatic rings. The number of nitrogens with zero attached hydrogens (tertiary/aromatic N) is 2. The van der Waals surface area contributed by atoms with E-state index in [1.165, 1.54) is 12.1 Å². The van der Waals surface area contributed by atoms with Crippen LogP contribution in [0.1, 0.15) is 0 Å². The molecule has 27 heavy (non-hydrogen) atoms. The fourth-order valence-electron chi connectivity index (χ4n) is 2.72. The molecule has 0 aliphatic carbocycles. The molecule has 0 amide bonds. The van der Waals surface area contributed by atoms with E-state index in [0.717, 1.165) is 22.7 Å². The number of ether oxygens (including phenoxy) is 1. The minimum Gasteiger partial charge on any atom is -0.455 e. The number of benzene rings is 2. The molecule has 4 rings (SSSR count). The predicted molar refractivity (Wildman–Crippen MR) is 104 cm³/mol. The molecule has 0 unspecified atom stereocenters. The number of halogens is 1. The molecule has 0 bridgehead atoms. The molecule has 2 aromatic heterocycles. The highest BCUT2D eigenvalue weighted by Gasteiger charge is 2.13. The predicted octanol–water partition coefficient (Wildman–Crippen LogP) is 4.47. The summed E-state index contributed by atoms with van der Waals surface area (Å²) in [7, 11) is -3.26. The quantitative estimate of drug-likeness (QED) is 0.547. The van der Waals surface area contributed by atoms with Crippen molar-refractivity contribution in [3.8, 4) is 22.8 Å². The van der Waals surface area contributed by atoms with Crippen molar-refractivity contribution in [2.75, 3.05) is 6.26 Å². The molecular formula is C19H14ClN3O3S. The Balaban J connectivity index is 1.77. The third-order valence-electron chi connectivity index (χ3n) is 4.02. The zero-order valence-electron chi connectivity index (χ0n) is 14.2. The minimum atomic E-state index is -3.26. The summed E-state index contributed by atoms with van der Waals surface area (Å²) in [5.41, 5.74) is 2.15. The van der Waals surface area contributed by atoms with Gasteiger partial charge in [-0.2, -0.15) is 5.10 Å². The van der Waals surface area contributed by atoms with E-state index in [9.17, 15) is 8.42 Å². The van der Waals surface area contributed by atoms with Crippen LogP contribution in [0.2, 0.25) is 5.02 Å². The van der Waals surface area contributed by atoms with Crippen LogP contribution in [0.15, 0.2) is 65.8 Å². The maximum Gasteiger partial charge on any atom is 0.175 e. The second kappa shape index (κ2) is 6.68.